The highest BCUT2D eigenvalue weighted by Gasteiger charge is 2.23. The number of para-hydroxylation sites is 6. The second kappa shape index (κ2) is 17.5. The average Bonchev–Trinajstić information content (AvgIpc) is 4.02. The monoisotopic (exact) mass is 934 g/mol. The van der Waals surface area contributed by atoms with E-state index in [0.29, 0.717) is 0 Å². The zero-order chi connectivity index (χ0) is 48.2. The largest absolute Gasteiger partial charge is 0.455 e. The van der Waals surface area contributed by atoms with Gasteiger partial charge in [-0.3, -0.25) is 0 Å². The Labute approximate surface area is 422 Å². The summed E-state index contributed by atoms with van der Waals surface area (Å²) < 4.78 is 9.13. The summed E-state index contributed by atoms with van der Waals surface area (Å²) in [7, 11) is 0. The Morgan fingerprint density at radius 3 is 1.25 bits per heavy atom. The molecule has 0 N–H and O–H groups in total. The van der Waals surface area contributed by atoms with Gasteiger partial charge in [-0.25, -0.2) is 0 Å². The molecule has 0 bridgehead atoms. The fourth-order valence-electron chi connectivity index (χ4n) is 11.1. The molecule has 0 spiro atoms. The predicted molar refractivity (Wildman–Crippen MR) is 307 cm³/mol. The lowest BCUT2D eigenvalue weighted by molar-refractivity contribution is 0.673. The molecule has 2 aromatic heterocycles. The fourth-order valence-corrected chi connectivity index (χ4v) is 11.1. The minimum Gasteiger partial charge on any atom is -0.455 e. The lowest BCUT2D eigenvalue weighted by Gasteiger charge is -2.31. The van der Waals surface area contributed by atoms with Gasteiger partial charge < -0.3 is 23.7 Å². The topological polar surface area (TPSA) is 27.8 Å². The third-order valence-electron chi connectivity index (χ3n) is 14.3. The van der Waals surface area contributed by atoms with Gasteiger partial charge >= 0.3 is 0 Å². The van der Waals surface area contributed by atoms with Gasteiger partial charge in [-0.15, -0.1) is 0 Å². The second-order valence-electron chi connectivity index (χ2n) is 18.5. The van der Waals surface area contributed by atoms with Gasteiger partial charge in [0.1, 0.15) is 11.2 Å². The first-order valence-corrected chi connectivity index (χ1v) is 24.8. The normalized spacial score (nSPS) is 11.6. The predicted octanol–water partition coefficient (Wildman–Crippen LogP) is 19.4. The van der Waals surface area contributed by atoms with E-state index in [1.807, 2.05) is 0 Å². The van der Waals surface area contributed by atoms with Gasteiger partial charge in [-0.05, 0) is 137 Å². The van der Waals surface area contributed by atoms with Crippen LogP contribution in [0.1, 0.15) is 0 Å². The fraction of sp³-hybridized carbons (Fsp3) is 0. The van der Waals surface area contributed by atoms with Crippen LogP contribution in [0.15, 0.2) is 283 Å². The van der Waals surface area contributed by atoms with Crippen molar-refractivity contribution in [1.82, 2.24) is 4.57 Å². The molecule has 0 amide bonds. The van der Waals surface area contributed by atoms with E-state index in [1.165, 1.54) is 21.7 Å². The molecular weight excluding hydrogens is 889 g/mol. The molecule has 5 nitrogen and oxygen atoms in total. The number of furan rings is 1. The minimum absolute atomic E-state index is 0.878. The van der Waals surface area contributed by atoms with Crippen LogP contribution >= 0.6 is 0 Å². The van der Waals surface area contributed by atoms with Crippen LogP contribution in [-0.4, -0.2) is 4.57 Å². The van der Waals surface area contributed by atoms with Crippen LogP contribution in [0.5, 0.6) is 0 Å². The summed E-state index contributed by atoms with van der Waals surface area (Å²) in [4.78, 5) is 7.11. The highest BCUT2D eigenvalue weighted by atomic mass is 16.3. The molecule has 14 rings (SSSR count). The molecule has 0 aliphatic rings. The van der Waals surface area contributed by atoms with Crippen LogP contribution in [0.3, 0.4) is 0 Å². The van der Waals surface area contributed by atoms with Crippen LogP contribution in [0.2, 0.25) is 0 Å². The van der Waals surface area contributed by atoms with Crippen molar-refractivity contribution in [1.29, 1.82) is 0 Å². The Bertz CT molecular complexity index is 4300. The summed E-state index contributed by atoms with van der Waals surface area (Å²) in [6.45, 7) is 0. The number of aromatic nitrogens is 1. The van der Waals surface area contributed by atoms with Gasteiger partial charge in [-0.1, -0.05) is 158 Å². The lowest BCUT2D eigenvalue weighted by Crippen LogP contribution is -2.14. The van der Waals surface area contributed by atoms with Gasteiger partial charge in [0.2, 0.25) is 0 Å². The number of anilines is 9. The third-order valence-corrected chi connectivity index (χ3v) is 14.3. The summed E-state index contributed by atoms with van der Waals surface area (Å²) in [5.74, 6) is 0. The molecule has 0 saturated carbocycles. The minimum atomic E-state index is 0.878. The van der Waals surface area contributed by atoms with E-state index in [-0.39, 0.29) is 0 Å². The number of hydrogen-bond donors (Lipinski definition) is 0. The first-order valence-electron chi connectivity index (χ1n) is 24.8. The Hall–Kier alpha value is -9.84. The van der Waals surface area contributed by atoms with E-state index >= 15 is 0 Å². The van der Waals surface area contributed by atoms with Crippen LogP contribution in [-0.2, 0) is 0 Å². The molecule has 0 radical (unpaired) electrons. The van der Waals surface area contributed by atoms with Gasteiger partial charge in [0.25, 0.3) is 0 Å². The zero-order valence-electron chi connectivity index (χ0n) is 39.8. The molecule has 12 aromatic carbocycles. The average molecular weight is 935 g/mol. The van der Waals surface area contributed by atoms with Gasteiger partial charge in [0, 0.05) is 83.8 Å². The van der Waals surface area contributed by atoms with Crippen molar-refractivity contribution < 1.29 is 4.42 Å². The van der Waals surface area contributed by atoms with Crippen molar-refractivity contribution in [2.24, 2.45) is 0 Å². The van der Waals surface area contributed by atoms with E-state index in [9.17, 15) is 0 Å². The van der Waals surface area contributed by atoms with E-state index in [1.54, 1.807) is 0 Å². The Kier molecular flexibility index (Phi) is 10.1. The maximum atomic E-state index is 6.75. The summed E-state index contributed by atoms with van der Waals surface area (Å²) in [5, 5.41) is 9.23. The van der Waals surface area contributed by atoms with Crippen LogP contribution in [0.25, 0.3) is 71.0 Å². The molecule has 5 heteroatoms. The SMILES string of the molecule is c1ccc(N(c2ccccc2)c2cccc(N(c3cccc(N(c4ccccc4)c4ccc5c6ccccc6n(-c6ccccc6)c5c4)c3)c3ccc4c5ccccc5c5oc6ccccc6c5c4c3)c2)cc1. The summed E-state index contributed by atoms with van der Waals surface area (Å²) >= 11 is 0. The standard InChI is InChI=1S/C68H46N4O/c1-5-21-47(22-6-1)69(48-23-7-2-8-24-48)51-29-19-31-53(43-51)71(55-39-41-58-57-33-13-14-35-61(57)68-67(63(58)45-55)62-36-16-18-38-66(62)73-68)54-32-20-30-52(44-54)70(49-25-9-3-10-26-49)56-40-42-60-59-34-15-17-37-64(59)72(65(60)46-56)50-27-11-4-12-28-50/h1-46H. The van der Waals surface area contributed by atoms with Gasteiger partial charge in [0.05, 0.1) is 11.0 Å². The van der Waals surface area contributed by atoms with Crippen molar-refractivity contribution in [2.75, 3.05) is 14.7 Å². The summed E-state index contributed by atoms with van der Waals surface area (Å²) in [6, 6.07) is 100. The Morgan fingerprint density at radius 2 is 0.644 bits per heavy atom. The summed E-state index contributed by atoms with van der Waals surface area (Å²) in [6.07, 6.45) is 0. The second-order valence-corrected chi connectivity index (χ2v) is 18.5. The number of nitrogens with zero attached hydrogens (tertiary/aromatic N) is 4. The van der Waals surface area contributed by atoms with E-state index < -0.39 is 0 Å². The van der Waals surface area contributed by atoms with E-state index in [4.69, 9.17) is 4.42 Å². The third kappa shape index (κ3) is 7.17. The molecule has 73 heavy (non-hydrogen) atoms. The molecule has 0 unspecified atom stereocenters. The van der Waals surface area contributed by atoms with Crippen LogP contribution in [0, 0.1) is 0 Å². The maximum absolute atomic E-state index is 6.75. The van der Waals surface area contributed by atoms with E-state index in [0.717, 1.165) is 100 Å². The number of benzene rings is 12. The van der Waals surface area contributed by atoms with Crippen LogP contribution in [0.4, 0.5) is 51.2 Å². The number of hydrogen-bond acceptors (Lipinski definition) is 4. The molecule has 0 atom stereocenters. The molecule has 14 aromatic rings. The molecule has 0 aliphatic carbocycles. The van der Waals surface area contributed by atoms with Crippen molar-refractivity contribution in [3.8, 4) is 5.69 Å². The van der Waals surface area contributed by atoms with Crippen molar-refractivity contribution in [2.45, 2.75) is 0 Å². The van der Waals surface area contributed by atoms with Crippen molar-refractivity contribution in [3.05, 3.63) is 279 Å². The van der Waals surface area contributed by atoms with Gasteiger partial charge in [0.15, 0.2) is 0 Å². The molecule has 0 fully saturated rings. The zero-order valence-corrected chi connectivity index (χ0v) is 39.8. The quantitative estimate of drug-likeness (QED) is 0.128. The Morgan fingerprint density at radius 1 is 0.247 bits per heavy atom. The smallest absolute Gasteiger partial charge is 0.143 e. The van der Waals surface area contributed by atoms with E-state index in [2.05, 4.69) is 298 Å². The lowest BCUT2D eigenvalue weighted by atomic mass is 9.96. The molecular formula is C68H46N4O. The molecule has 2 heterocycles. The highest BCUT2D eigenvalue weighted by Crippen LogP contribution is 2.47. The molecule has 0 saturated heterocycles. The van der Waals surface area contributed by atoms with Gasteiger partial charge in [-0.2, -0.15) is 0 Å². The first kappa shape index (κ1) is 42.1. The Balaban J connectivity index is 0.999. The first-order chi connectivity index (χ1) is 36.2. The van der Waals surface area contributed by atoms with Crippen molar-refractivity contribution in [3.63, 3.8) is 0 Å². The molecule has 344 valence electrons. The highest BCUT2D eigenvalue weighted by molar-refractivity contribution is 6.30. The summed E-state index contributed by atoms with van der Waals surface area (Å²) in [5.41, 5.74) is 14.6. The van der Waals surface area contributed by atoms with Crippen LogP contribution < -0.4 is 14.7 Å². The number of fused-ring (bicyclic) bond motifs is 11. The van der Waals surface area contributed by atoms with Crippen molar-refractivity contribution >= 4 is 116 Å². The molecule has 0 aliphatic heterocycles. The maximum Gasteiger partial charge on any atom is 0.143 e. The number of rotatable bonds is 10.